The van der Waals surface area contributed by atoms with Crippen LogP contribution in [0.25, 0.3) is 0 Å². The molecule has 0 saturated carbocycles. The van der Waals surface area contributed by atoms with E-state index in [2.05, 4.69) is 54.8 Å². The third-order valence-corrected chi connectivity index (χ3v) is 3.44. The zero-order valence-corrected chi connectivity index (χ0v) is 10.9. The van der Waals surface area contributed by atoms with Crippen LogP contribution < -0.4 is 10.6 Å². The SMILES string of the molecule is CC(C)C[C@H]1NCCC[C@H]1Nc1ccccc1. The Morgan fingerprint density at radius 3 is 2.76 bits per heavy atom. The first-order chi connectivity index (χ1) is 8.25. The van der Waals surface area contributed by atoms with Gasteiger partial charge in [-0.2, -0.15) is 0 Å². The standard InChI is InChI=1S/C15H24N2/c1-12(2)11-15-14(9-6-10-16-15)17-13-7-4-3-5-8-13/h3-5,7-8,12,14-17H,6,9-11H2,1-2H3/t14-,15-/m1/s1. The molecule has 0 unspecified atom stereocenters. The molecule has 1 aliphatic heterocycles. The van der Waals surface area contributed by atoms with E-state index in [0.717, 1.165) is 5.92 Å². The average Bonchev–Trinajstić information content (AvgIpc) is 2.32. The maximum Gasteiger partial charge on any atom is 0.0415 e. The van der Waals surface area contributed by atoms with Crippen molar-refractivity contribution >= 4 is 5.69 Å². The van der Waals surface area contributed by atoms with Crippen molar-refractivity contribution in [2.75, 3.05) is 11.9 Å². The van der Waals surface area contributed by atoms with Gasteiger partial charge in [0.2, 0.25) is 0 Å². The van der Waals surface area contributed by atoms with Crippen LogP contribution >= 0.6 is 0 Å². The summed E-state index contributed by atoms with van der Waals surface area (Å²) in [6, 6.07) is 11.8. The van der Waals surface area contributed by atoms with Gasteiger partial charge in [-0.3, -0.25) is 0 Å². The maximum absolute atomic E-state index is 3.67. The van der Waals surface area contributed by atoms with Crippen molar-refractivity contribution in [3.8, 4) is 0 Å². The number of para-hydroxylation sites is 1. The monoisotopic (exact) mass is 232 g/mol. The van der Waals surface area contributed by atoms with Crippen molar-refractivity contribution in [3.63, 3.8) is 0 Å². The molecule has 0 bridgehead atoms. The van der Waals surface area contributed by atoms with Gasteiger partial charge in [-0.25, -0.2) is 0 Å². The molecule has 2 nitrogen and oxygen atoms in total. The Morgan fingerprint density at radius 2 is 2.06 bits per heavy atom. The van der Waals surface area contributed by atoms with E-state index in [1.165, 1.54) is 31.5 Å². The molecule has 2 N–H and O–H groups in total. The van der Waals surface area contributed by atoms with E-state index >= 15 is 0 Å². The van der Waals surface area contributed by atoms with Crippen LogP contribution in [0.1, 0.15) is 33.1 Å². The van der Waals surface area contributed by atoms with E-state index in [4.69, 9.17) is 0 Å². The highest BCUT2D eigenvalue weighted by atomic mass is 15.0. The zero-order chi connectivity index (χ0) is 12.1. The molecule has 0 aliphatic carbocycles. The largest absolute Gasteiger partial charge is 0.381 e. The lowest BCUT2D eigenvalue weighted by Crippen LogP contribution is -2.49. The molecule has 1 aliphatic rings. The van der Waals surface area contributed by atoms with Gasteiger partial charge in [0.05, 0.1) is 0 Å². The molecular formula is C15H24N2. The highest BCUT2D eigenvalue weighted by Crippen LogP contribution is 2.20. The molecule has 1 fully saturated rings. The Morgan fingerprint density at radius 1 is 1.29 bits per heavy atom. The molecule has 1 saturated heterocycles. The summed E-state index contributed by atoms with van der Waals surface area (Å²) in [5.41, 5.74) is 1.25. The summed E-state index contributed by atoms with van der Waals surface area (Å²) in [4.78, 5) is 0. The van der Waals surface area contributed by atoms with Crippen LogP contribution in [-0.4, -0.2) is 18.6 Å². The van der Waals surface area contributed by atoms with Gasteiger partial charge in [0.15, 0.2) is 0 Å². The lowest BCUT2D eigenvalue weighted by Gasteiger charge is -2.35. The minimum atomic E-state index is 0.577. The summed E-state index contributed by atoms with van der Waals surface area (Å²) in [6.07, 6.45) is 3.81. The summed E-state index contributed by atoms with van der Waals surface area (Å²) >= 11 is 0. The number of hydrogen-bond donors (Lipinski definition) is 2. The number of anilines is 1. The molecule has 0 aromatic heterocycles. The molecular weight excluding hydrogens is 208 g/mol. The Bertz CT molecular complexity index is 321. The third-order valence-electron chi connectivity index (χ3n) is 3.44. The quantitative estimate of drug-likeness (QED) is 0.832. The number of nitrogens with one attached hydrogen (secondary N) is 2. The maximum atomic E-state index is 3.67. The minimum Gasteiger partial charge on any atom is -0.381 e. The van der Waals surface area contributed by atoms with Gasteiger partial charge in [-0.05, 0) is 43.9 Å². The first-order valence-electron chi connectivity index (χ1n) is 6.80. The fourth-order valence-corrected chi connectivity index (χ4v) is 2.63. The Kier molecular flexibility index (Phi) is 4.43. The summed E-state index contributed by atoms with van der Waals surface area (Å²) < 4.78 is 0. The number of rotatable bonds is 4. The fraction of sp³-hybridized carbons (Fsp3) is 0.600. The van der Waals surface area contributed by atoms with Gasteiger partial charge in [-0.1, -0.05) is 32.0 Å². The summed E-state index contributed by atoms with van der Waals surface area (Å²) in [6.45, 7) is 5.77. The van der Waals surface area contributed by atoms with Crippen molar-refractivity contribution in [2.45, 2.75) is 45.2 Å². The Hall–Kier alpha value is -1.02. The molecule has 2 heteroatoms. The van der Waals surface area contributed by atoms with E-state index < -0.39 is 0 Å². The predicted octanol–water partition coefficient (Wildman–Crippen LogP) is 3.27. The minimum absolute atomic E-state index is 0.577. The second-order valence-corrected chi connectivity index (χ2v) is 5.45. The van der Waals surface area contributed by atoms with Crippen LogP contribution in [0.5, 0.6) is 0 Å². The lowest BCUT2D eigenvalue weighted by molar-refractivity contribution is 0.321. The predicted molar refractivity (Wildman–Crippen MR) is 74.3 cm³/mol. The van der Waals surface area contributed by atoms with Gasteiger partial charge in [0.25, 0.3) is 0 Å². The van der Waals surface area contributed by atoms with Crippen LogP contribution in [0.3, 0.4) is 0 Å². The first kappa shape index (κ1) is 12.4. The molecule has 0 spiro atoms. The molecule has 1 heterocycles. The second-order valence-electron chi connectivity index (χ2n) is 5.45. The number of hydrogen-bond acceptors (Lipinski definition) is 2. The Labute approximate surface area is 105 Å². The molecule has 0 radical (unpaired) electrons. The summed E-state index contributed by atoms with van der Waals surface area (Å²) in [7, 11) is 0. The van der Waals surface area contributed by atoms with Crippen molar-refractivity contribution < 1.29 is 0 Å². The van der Waals surface area contributed by atoms with Crippen LogP contribution in [-0.2, 0) is 0 Å². The molecule has 0 amide bonds. The van der Waals surface area contributed by atoms with Crippen molar-refractivity contribution in [1.82, 2.24) is 5.32 Å². The molecule has 94 valence electrons. The molecule has 17 heavy (non-hydrogen) atoms. The fourth-order valence-electron chi connectivity index (χ4n) is 2.63. The van der Waals surface area contributed by atoms with Crippen LogP contribution in [0.2, 0.25) is 0 Å². The molecule has 2 atom stereocenters. The summed E-state index contributed by atoms with van der Waals surface area (Å²) in [5, 5.41) is 7.33. The van der Waals surface area contributed by atoms with Gasteiger partial charge < -0.3 is 10.6 Å². The van der Waals surface area contributed by atoms with E-state index in [1.807, 2.05) is 0 Å². The zero-order valence-electron chi connectivity index (χ0n) is 10.9. The topological polar surface area (TPSA) is 24.1 Å². The smallest absolute Gasteiger partial charge is 0.0415 e. The van der Waals surface area contributed by atoms with Gasteiger partial charge in [0.1, 0.15) is 0 Å². The third kappa shape index (κ3) is 3.74. The highest BCUT2D eigenvalue weighted by molar-refractivity contribution is 5.43. The van der Waals surface area contributed by atoms with Crippen LogP contribution in [0.4, 0.5) is 5.69 Å². The van der Waals surface area contributed by atoms with Gasteiger partial charge in [0, 0.05) is 17.8 Å². The highest BCUT2D eigenvalue weighted by Gasteiger charge is 2.24. The van der Waals surface area contributed by atoms with E-state index in [-0.39, 0.29) is 0 Å². The van der Waals surface area contributed by atoms with Gasteiger partial charge >= 0.3 is 0 Å². The molecule has 1 aromatic carbocycles. The van der Waals surface area contributed by atoms with Crippen molar-refractivity contribution in [2.24, 2.45) is 5.92 Å². The van der Waals surface area contributed by atoms with Crippen molar-refractivity contribution in [3.05, 3.63) is 30.3 Å². The molecule has 2 rings (SSSR count). The number of benzene rings is 1. The summed E-state index contributed by atoms with van der Waals surface area (Å²) in [5.74, 6) is 0.755. The van der Waals surface area contributed by atoms with Crippen LogP contribution in [0.15, 0.2) is 30.3 Å². The van der Waals surface area contributed by atoms with Crippen LogP contribution in [0, 0.1) is 5.92 Å². The Balaban J connectivity index is 1.96. The van der Waals surface area contributed by atoms with E-state index in [9.17, 15) is 0 Å². The second kappa shape index (κ2) is 6.06. The lowest BCUT2D eigenvalue weighted by atomic mass is 9.91. The van der Waals surface area contributed by atoms with Crippen molar-refractivity contribution in [1.29, 1.82) is 0 Å². The van der Waals surface area contributed by atoms with E-state index in [1.54, 1.807) is 0 Å². The first-order valence-corrected chi connectivity index (χ1v) is 6.80. The average molecular weight is 232 g/mol. The van der Waals surface area contributed by atoms with Gasteiger partial charge in [-0.15, -0.1) is 0 Å². The van der Waals surface area contributed by atoms with E-state index in [0.29, 0.717) is 12.1 Å². The number of piperidine rings is 1. The molecule has 1 aromatic rings. The normalized spacial score (nSPS) is 24.9.